The van der Waals surface area contributed by atoms with Gasteiger partial charge < -0.3 is 14.9 Å². The maximum Gasteiger partial charge on any atom is 0.328 e. The highest BCUT2D eigenvalue weighted by Gasteiger charge is 2.52. The van der Waals surface area contributed by atoms with Crippen LogP contribution >= 0.6 is 0 Å². The largest absolute Gasteiger partial charge is 0.508 e. The van der Waals surface area contributed by atoms with Crippen LogP contribution < -0.4 is 4.74 Å². The van der Waals surface area contributed by atoms with Gasteiger partial charge in [0.15, 0.2) is 0 Å². The normalized spacial score (nSPS) is 29.4. The number of carboxylic acids is 1. The molecule has 6 heteroatoms. The Kier molecular flexibility index (Phi) is 4.53. The lowest BCUT2D eigenvalue weighted by atomic mass is 9.48. The molecule has 0 spiro atoms. The minimum absolute atomic E-state index is 0.0691. The SMILES string of the molecule is COc1nc(/C=C/C(=O)O)cnc1-c1ccc(O)c(C23CC4CC(CC(C4)C2)C3)c1. The Labute approximate surface area is 175 Å². The number of methoxy groups -OCH3 is 1. The van der Waals surface area contributed by atoms with Crippen molar-refractivity contribution < 1.29 is 19.7 Å². The van der Waals surface area contributed by atoms with Crippen molar-refractivity contribution in [2.75, 3.05) is 7.11 Å². The van der Waals surface area contributed by atoms with Crippen molar-refractivity contribution >= 4 is 12.0 Å². The smallest absolute Gasteiger partial charge is 0.328 e. The lowest BCUT2D eigenvalue weighted by Crippen LogP contribution is -2.48. The van der Waals surface area contributed by atoms with E-state index in [4.69, 9.17) is 9.84 Å². The molecule has 0 saturated heterocycles. The fourth-order valence-corrected chi connectivity index (χ4v) is 6.51. The van der Waals surface area contributed by atoms with E-state index in [1.807, 2.05) is 6.07 Å². The Balaban J connectivity index is 1.53. The molecular formula is C24H26N2O4. The van der Waals surface area contributed by atoms with Crippen LogP contribution in [0.3, 0.4) is 0 Å². The molecule has 0 unspecified atom stereocenters. The van der Waals surface area contributed by atoms with E-state index in [1.165, 1.54) is 57.9 Å². The molecular weight excluding hydrogens is 380 g/mol. The zero-order chi connectivity index (χ0) is 20.9. The number of carbonyl (C=O) groups is 1. The number of carboxylic acid groups (broad SMARTS) is 1. The van der Waals surface area contributed by atoms with Gasteiger partial charge in [-0.2, -0.15) is 0 Å². The van der Waals surface area contributed by atoms with E-state index in [9.17, 15) is 9.90 Å². The molecule has 30 heavy (non-hydrogen) atoms. The van der Waals surface area contributed by atoms with E-state index < -0.39 is 5.97 Å². The van der Waals surface area contributed by atoms with Crippen molar-refractivity contribution in [2.45, 2.75) is 43.9 Å². The third kappa shape index (κ3) is 3.24. The summed E-state index contributed by atoms with van der Waals surface area (Å²) < 4.78 is 5.45. The maximum atomic E-state index is 10.8. The molecule has 4 saturated carbocycles. The highest BCUT2D eigenvalue weighted by Crippen LogP contribution is 2.62. The summed E-state index contributed by atoms with van der Waals surface area (Å²) >= 11 is 0. The average molecular weight is 406 g/mol. The molecule has 2 aromatic rings. The van der Waals surface area contributed by atoms with Gasteiger partial charge in [0.25, 0.3) is 0 Å². The zero-order valence-electron chi connectivity index (χ0n) is 17.0. The molecule has 2 N–H and O–H groups in total. The van der Waals surface area contributed by atoms with Gasteiger partial charge in [-0.3, -0.25) is 0 Å². The lowest BCUT2D eigenvalue weighted by molar-refractivity contribution is -0.131. The Hall–Kier alpha value is -2.89. The first kappa shape index (κ1) is 19.1. The van der Waals surface area contributed by atoms with Crippen molar-refractivity contribution in [3.63, 3.8) is 0 Å². The molecule has 4 aliphatic rings. The Bertz CT molecular complexity index is 995. The average Bonchev–Trinajstić information content (AvgIpc) is 2.71. The number of nitrogens with zero attached hydrogens (tertiary/aromatic N) is 2. The van der Waals surface area contributed by atoms with Crippen LogP contribution in [-0.4, -0.2) is 33.3 Å². The van der Waals surface area contributed by atoms with Crippen LogP contribution in [0.15, 0.2) is 30.5 Å². The topological polar surface area (TPSA) is 92.5 Å². The van der Waals surface area contributed by atoms with Crippen LogP contribution in [0.25, 0.3) is 17.3 Å². The molecule has 4 fully saturated rings. The number of phenols is 1. The van der Waals surface area contributed by atoms with Gasteiger partial charge in [-0.15, -0.1) is 0 Å². The summed E-state index contributed by atoms with van der Waals surface area (Å²) in [5, 5.41) is 19.6. The number of aromatic hydroxyl groups is 1. The highest BCUT2D eigenvalue weighted by molar-refractivity contribution is 5.85. The number of hydrogen-bond donors (Lipinski definition) is 2. The highest BCUT2D eigenvalue weighted by atomic mass is 16.5. The Morgan fingerprint density at radius 2 is 1.83 bits per heavy atom. The Morgan fingerprint density at radius 3 is 2.43 bits per heavy atom. The minimum Gasteiger partial charge on any atom is -0.508 e. The van der Waals surface area contributed by atoms with Crippen LogP contribution in [0.2, 0.25) is 0 Å². The predicted molar refractivity (Wildman–Crippen MR) is 112 cm³/mol. The number of ether oxygens (including phenoxy) is 1. The number of aromatic nitrogens is 2. The number of phenolic OH excluding ortho intramolecular Hbond substituents is 1. The first-order valence-electron chi connectivity index (χ1n) is 10.6. The number of hydrogen-bond acceptors (Lipinski definition) is 5. The zero-order valence-corrected chi connectivity index (χ0v) is 17.0. The van der Waals surface area contributed by atoms with Gasteiger partial charge in [0.05, 0.1) is 19.0 Å². The lowest BCUT2D eigenvalue weighted by Gasteiger charge is -2.57. The molecule has 0 aliphatic heterocycles. The van der Waals surface area contributed by atoms with Crippen LogP contribution in [-0.2, 0) is 10.2 Å². The standard InChI is InChI=1S/C24H26N2O4/c1-30-23-22(25-13-18(26-23)3-5-21(28)29)17-2-4-20(27)19(9-17)24-10-14-6-15(11-24)8-16(7-14)12-24/h2-5,9,13-16,27H,6-8,10-12H2,1H3,(H,28,29)/b5-3+. The number of aliphatic carboxylic acids is 1. The number of rotatable bonds is 5. The van der Waals surface area contributed by atoms with E-state index in [1.54, 1.807) is 6.07 Å². The fourth-order valence-electron chi connectivity index (χ4n) is 6.51. The minimum atomic E-state index is -1.04. The van der Waals surface area contributed by atoms with Crippen LogP contribution in [0, 0.1) is 17.8 Å². The molecule has 4 bridgehead atoms. The van der Waals surface area contributed by atoms with E-state index in [-0.39, 0.29) is 5.41 Å². The van der Waals surface area contributed by atoms with Gasteiger partial charge in [0, 0.05) is 17.2 Å². The third-order valence-corrected chi connectivity index (χ3v) is 7.23. The molecule has 1 heterocycles. The van der Waals surface area contributed by atoms with Crippen LogP contribution in [0.5, 0.6) is 11.6 Å². The summed E-state index contributed by atoms with van der Waals surface area (Å²) in [5.41, 5.74) is 2.98. The predicted octanol–water partition coefficient (Wildman–Crippen LogP) is 4.42. The molecule has 1 aromatic heterocycles. The van der Waals surface area contributed by atoms with Gasteiger partial charge >= 0.3 is 5.97 Å². The first-order chi connectivity index (χ1) is 14.5. The molecule has 6 nitrogen and oxygen atoms in total. The molecule has 0 radical (unpaired) electrons. The fraction of sp³-hybridized carbons (Fsp3) is 0.458. The molecule has 0 atom stereocenters. The van der Waals surface area contributed by atoms with Crippen molar-refractivity contribution in [1.82, 2.24) is 9.97 Å². The van der Waals surface area contributed by atoms with E-state index in [0.717, 1.165) is 35.0 Å². The Morgan fingerprint density at radius 1 is 1.17 bits per heavy atom. The summed E-state index contributed by atoms with van der Waals surface area (Å²) in [6.45, 7) is 0. The monoisotopic (exact) mass is 406 g/mol. The first-order valence-corrected chi connectivity index (χ1v) is 10.6. The van der Waals surface area contributed by atoms with Crippen LogP contribution in [0.4, 0.5) is 0 Å². The summed E-state index contributed by atoms with van der Waals surface area (Å²) in [6, 6.07) is 5.68. The molecule has 0 amide bonds. The molecule has 156 valence electrons. The van der Waals surface area contributed by atoms with E-state index in [2.05, 4.69) is 16.0 Å². The second kappa shape index (κ2) is 7.11. The van der Waals surface area contributed by atoms with Gasteiger partial charge in [0.2, 0.25) is 5.88 Å². The second-order valence-electron chi connectivity index (χ2n) is 9.25. The maximum absolute atomic E-state index is 10.8. The van der Waals surface area contributed by atoms with E-state index in [0.29, 0.717) is 23.0 Å². The third-order valence-electron chi connectivity index (χ3n) is 7.23. The van der Waals surface area contributed by atoms with Gasteiger partial charge in [-0.1, -0.05) is 0 Å². The van der Waals surface area contributed by atoms with Crippen molar-refractivity contribution in [2.24, 2.45) is 17.8 Å². The summed E-state index contributed by atoms with van der Waals surface area (Å²) in [5.74, 6) is 2.02. The quantitative estimate of drug-likeness (QED) is 0.714. The summed E-state index contributed by atoms with van der Waals surface area (Å²) in [7, 11) is 1.53. The van der Waals surface area contributed by atoms with Gasteiger partial charge in [0.1, 0.15) is 11.4 Å². The molecule has 6 rings (SSSR count). The van der Waals surface area contributed by atoms with Crippen LogP contribution in [0.1, 0.15) is 49.8 Å². The van der Waals surface area contributed by atoms with E-state index >= 15 is 0 Å². The summed E-state index contributed by atoms with van der Waals surface area (Å²) in [6.07, 6.45) is 11.5. The van der Waals surface area contributed by atoms with Gasteiger partial charge in [-0.05, 0) is 86.0 Å². The molecule has 1 aromatic carbocycles. The second-order valence-corrected chi connectivity index (χ2v) is 9.25. The molecule has 4 aliphatic carbocycles. The van der Waals surface area contributed by atoms with Crippen molar-refractivity contribution in [3.05, 3.63) is 41.7 Å². The number of benzene rings is 1. The van der Waals surface area contributed by atoms with Crippen molar-refractivity contribution in [1.29, 1.82) is 0 Å². The van der Waals surface area contributed by atoms with Gasteiger partial charge in [-0.25, -0.2) is 14.8 Å². The van der Waals surface area contributed by atoms with Crippen molar-refractivity contribution in [3.8, 4) is 22.9 Å². The summed E-state index contributed by atoms with van der Waals surface area (Å²) in [4.78, 5) is 19.6.